The smallest absolute Gasteiger partial charge is 0.249 e. The largest absolute Gasteiger partial charge is 0.367 e. The molecule has 9 nitrogen and oxygen atoms in total. The van der Waals surface area contributed by atoms with Crippen LogP contribution in [-0.2, 0) is 24.2 Å². The van der Waals surface area contributed by atoms with Gasteiger partial charge in [0.05, 0.1) is 11.4 Å². The fourth-order valence-corrected chi connectivity index (χ4v) is 1.69. The maximum atomic E-state index is 11.8. The predicted molar refractivity (Wildman–Crippen MR) is 71.6 cm³/mol. The number of nitrogens with two attached hydrogens (primary N) is 1. The lowest BCUT2D eigenvalue weighted by Gasteiger charge is -2.06. The quantitative estimate of drug-likeness (QED) is 0.775. The van der Waals surface area contributed by atoms with Crippen molar-refractivity contribution in [3.8, 4) is 0 Å². The Morgan fingerprint density at radius 2 is 2.05 bits per heavy atom. The summed E-state index contributed by atoms with van der Waals surface area (Å²) in [5.74, 6) is -0.00331. The van der Waals surface area contributed by atoms with E-state index in [0.29, 0.717) is 0 Å². The minimum atomic E-state index is -0.317. The first-order valence-electron chi connectivity index (χ1n) is 6.29. The van der Waals surface area contributed by atoms with Crippen molar-refractivity contribution in [2.45, 2.75) is 33.2 Å². The number of hydrogen-bond acceptors (Lipinski definition) is 7. The first-order valence-corrected chi connectivity index (χ1v) is 6.29. The third-order valence-electron chi connectivity index (χ3n) is 2.62. The Balaban J connectivity index is 2.04. The molecular formula is C11H16N8O. The molecule has 0 aliphatic heterocycles. The molecule has 2 heterocycles. The van der Waals surface area contributed by atoms with Gasteiger partial charge in [0.1, 0.15) is 12.9 Å². The number of nitrogens with zero attached hydrogens (tertiary/aromatic N) is 6. The Labute approximate surface area is 115 Å². The number of aromatic nitrogens is 6. The molecule has 20 heavy (non-hydrogen) atoms. The van der Waals surface area contributed by atoms with E-state index in [1.807, 2.05) is 13.8 Å². The molecule has 0 unspecified atom stereocenters. The number of anilines is 2. The number of carbonyl (C=O) groups is 1. The van der Waals surface area contributed by atoms with Crippen LogP contribution in [0.1, 0.15) is 25.2 Å². The summed E-state index contributed by atoms with van der Waals surface area (Å²) in [6, 6.07) is 0. The van der Waals surface area contributed by atoms with Crippen LogP contribution >= 0.6 is 0 Å². The Bertz CT molecular complexity index is 608. The van der Waals surface area contributed by atoms with Crippen LogP contribution in [0.2, 0.25) is 0 Å². The molecule has 9 heteroatoms. The zero-order valence-corrected chi connectivity index (χ0v) is 11.4. The van der Waals surface area contributed by atoms with Gasteiger partial charge in [0, 0.05) is 0 Å². The number of hydrogen-bond donors (Lipinski definition) is 2. The van der Waals surface area contributed by atoms with Crippen LogP contribution in [0, 0.1) is 0 Å². The molecule has 0 aliphatic carbocycles. The summed E-state index contributed by atoms with van der Waals surface area (Å²) in [5, 5.41) is 14.3. The zero-order chi connectivity index (χ0) is 14.5. The molecule has 0 saturated carbocycles. The van der Waals surface area contributed by atoms with Crippen LogP contribution in [0.25, 0.3) is 0 Å². The molecule has 1 amide bonds. The van der Waals surface area contributed by atoms with Crippen LogP contribution in [0.3, 0.4) is 0 Å². The van der Waals surface area contributed by atoms with Gasteiger partial charge >= 0.3 is 0 Å². The van der Waals surface area contributed by atoms with Crippen LogP contribution in [-0.4, -0.2) is 35.9 Å². The maximum Gasteiger partial charge on any atom is 0.249 e. The first kappa shape index (κ1) is 13.8. The van der Waals surface area contributed by atoms with Crippen LogP contribution < -0.4 is 11.1 Å². The molecule has 2 rings (SSSR count). The van der Waals surface area contributed by atoms with E-state index in [4.69, 9.17) is 5.73 Å². The third-order valence-corrected chi connectivity index (χ3v) is 2.62. The molecule has 0 spiro atoms. The third kappa shape index (κ3) is 3.25. The van der Waals surface area contributed by atoms with E-state index in [-0.39, 0.29) is 24.3 Å². The lowest BCUT2D eigenvalue weighted by Crippen LogP contribution is -2.21. The Morgan fingerprint density at radius 3 is 2.65 bits per heavy atom. The summed E-state index contributed by atoms with van der Waals surface area (Å²) >= 11 is 0. The van der Waals surface area contributed by atoms with Crippen molar-refractivity contribution in [1.82, 2.24) is 29.9 Å². The van der Waals surface area contributed by atoms with Crippen molar-refractivity contribution < 1.29 is 4.79 Å². The molecule has 2 aromatic heterocycles. The van der Waals surface area contributed by atoms with Gasteiger partial charge in [0.25, 0.3) is 0 Å². The van der Waals surface area contributed by atoms with E-state index >= 15 is 0 Å². The second-order valence-corrected chi connectivity index (χ2v) is 4.08. The lowest BCUT2D eigenvalue weighted by molar-refractivity contribution is -0.117. The van der Waals surface area contributed by atoms with E-state index in [0.717, 1.165) is 24.2 Å². The first-order chi connectivity index (χ1) is 9.62. The topological polar surface area (TPSA) is 124 Å². The molecule has 0 aromatic carbocycles. The van der Waals surface area contributed by atoms with Gasteiger partial charge in [-0.25, -0.2) is 14.6 Å². The number of carbonyl (C=O) groups excluding carboxylic acids is 1. The number of nitrogen functional groups attached to an aromatic ring is 1. The number of rotatable bonds is 5. The van der Waals surface area contributed by atoms with Crippen LogP contribution in [0.4, 0.5) is 11.9 Å². The standard InChI is InChI=1S/C11H16N8O/c1-3-7-8(4-2)16-17-11(14-7)15-9(20)5-19-6-13-10(12)18-19/h6H,3-5H2,1-2H3,(H2,12,18)(H,14,15,17,20). The van der Waals surface area contributed by atoms with Gasteiger partial charge in [-0.2, -0.15) is 0 Å². The van der Waals surface area contributed by atoms with Gasteiger partial charge < -0.3 is 5.73 Å². The average Bonchev–Trinajstić information content (AvgIpc) is 2.83. The van der Waals surface area contributed by atoms with Gasteiger partial charge in [-0.3, -0.25) is 10.1 Å². The second-order valence-electron chi connectivity index (χ2n) is 4.08. The highest BCUT2D eigenvalue weighted by Gasteiger charge is 2.10. The van der Waals surface area contributed by atoms with E-state index in [1.165, 1.54) is 11.0 Å². The van der Waals surface area contributed by atoms with Crippen LogP contribution in [0.5, 0.6) is 0 Å². The molecule has 0 saturated heterocycles. The Kier molecular flexibility index (Phi) is 4.18. The lowest BCUT2D eigenvalue weighted by atomic mass is 10.2. The summed E-state index contributed by atoms with van der Waals surface area (Å²) < 4.78 is 1.33. The van der Waals surface area contributed by atoms with Gasteiger partial charge in [-0.1, -0.05) is 13.8 Å². The van der Waals surface area contributed by atoms with Gasteiger partial charge in [-0.05, 0) is 12.8 Å². The van der Waals surface area contributed by atoms with Crippen molar-refractivity contribution >= 4 is 17.8 Å². The number of aryl methyl sites for hydroxylation is 2. The fraction of sp³-hybridized carbons (Fsp3) is 0.455. The van der Waals surface area contributed by atoms with Crippen molar-refractivity contribution in [3.05, 3.63) is 17.7 Å². The second kappa shape index (κ2) is 6.04. The fourth-order valence-electron chi connectivity index (χ4n) is 1.69. The number of amides is 1. The highest BCUT2D eigenvalue weighted by Crippen LogP contribution is 2.06. The number of nitrogens with one attached hydrogen (secondary N) is 1. The Hall–Kier alpha value is -2.58. The summed E-state index contributed by atoms with van der Waals surface area (Å²) in [7, 11) is 0. The zero-order valence-electron chi connectivity index (χ0n) is 11.4. The molecule has 0 atom stereocenters. The van der Waals surface area contributed by atoms with E-state index in [1.54, 1.807) is 0 Å². The van der Waals surface area contributed by atoms with E-state index in [9.17, 15) is 4.79 Å². The van der Waals surface area contributed by atoms with Gasteiger partial charge in [0.2, 0.25) is 17.8 Å². The summed E-state index contributed by atoms with van der Waals surface area (Å²) in [6.07, 6.45) is 2.88. The summed E-state index contributed by atoms with van der Waals surface area (Å²) in [6.45, 7) is 3.95. The van der Waals surface area contributed by atoms with Gasteiger partial charge in [0.15, 0.2) is 0 Å². The normalized spacial score (nSPS) is 10.5. The van der Waals surface area contributed by atoms with E-state index < -0.39 is 0 Å². The summed E-state index contributed by atoms with van der Waals surface area (Å²) in [4.78, 5) is 19.8. The highest BCUT2D eigenvalue weighted by atomic mass is 16.2. The minimum absolute atomic E-state index is 0.00938. The van der Waals surface area contributed by atoms with Crippen LogP contribution in [0.15, 0.2) is 6.33 Å². The molecule has 0 aliphatic rings. The average molecular weight is 276 g/mol. The molecule has 2 aromatic rings. The van der Waals surface area contributed by atoms with Crippen molar-refractivity contribution in [2.24, 2.45) is 0 Å². The van der Waals surface area contributed by atoms with Crippen molar-refractivity contribution in [1.29, 1.82) is 0 Å². The summed E-state index contributed by atoms with van der Waals surface area (Å²) in [5.41, 5.74) is 7.05. The predicted octanol–water partition coefficient (Wildman–Crippen LogP) is -0.191. The van der Waals surface area contributed by atoms with E-state index in [2.05, 4.69) is 30.6 Å². The molecule has 0 fully saturated rings. The van der Waals surface area contributed by atoms with Crippen molar-refractivity contribution in [2.75, 3.05) is 11.1 Å². The molecule has 106 valence electrons. The molecule has 0 bridgehead atoms. The maximum absolute atomic E-state index is 11.8. The molecule has 3 N–H and O–H groups in total. The molecular weight excluding hydrogens is 260 g/mol. The van der Waals surface area contributed by atoms with Gasteiger partial charge in [-0.15, -0.1) is 15.3 Å². The monoisotopic (exact) mass is 276 g/mol. The highest BCUT2D eigenvalue weighted by molar-refractivity contribution is 5.88. The Morgan fingerprint density at radius 1 is 1.30 bits per heavy atom. The minimum Gasteiger partial charge on any atom is -0.367 e. The molecule has 0 radical (unpaired) electrons. The SMILES string of the molecule is CCc1nnc(NC(=O)Cn2cnc(N)n2)nc1CC. The van der Waals surface area contributed by atoms with Crippen molar-refractivity contribution in [3.63, 3.8) is 0 Å².